The molecular formula is C87H170O17P2. The van der Waals surface area contributed by atoms with Gasteiger partial charge in [-0.15, -0.1) is 0 Å². The van der Waals surface area contributed by atoms with Gasteiger partial charge in [-0.05, 0) is 49.4 Å². The van der Waals surface area contributed by atoms with Crippen molar-refractivity contribution in [2.75, 3.05) is 39.6 Å². The first-order chi connectivity index (χ1) is 51.1. The molecule has 0 aromatic rings. The van der Waals surface area contributed by atoms with Crippen molar-refractivity contribution in [2.24, 2.45) is 23.7 Å². The number of hydrogen-bond acceptors (Lipinski definition) is 15. The van der Waals surface area contributed by atoms with Crippen molar-refractivity contribution in [1.29, 1.82) is 0 Å². The number of rotatable bonds is 84. The predicted octanol–water partition coefficient (Wildman–Crippen LogP) is 26.3. The Morgan fingerprint density at radius 2 is 0.453 bits per heavy atom. The number of esters is 4. The predicted molar refractivity (Wildman–Crippen MR) is 437 cm³/mol. The van der Waals surface area contributed by atoms with Gasteiger partial charge < -0.3 is 33.8 Å². The summed E-state index contributed by atoms with van der Waals surface area (Å²) in [5, 5.41) is 10.7. The summed E-state index contributed by atoms with van der Waals surface area (Å²) >= 11 is 0. The zero-order chi connectivity index (χ0) is 78.1. The standard InChI is InChI=1S/C87H170O17P2/c1-9-80(8)66-58-50-42-34-30-31-35-43-51-59-67-84(89)97-73-82(103-86(91)69-61-53-44-36-28-24-20-16-12-10-14-18-22-26-32-39-47-55-63-77(2)3)75-101-105(93,94)99-71-81(88)72-100-106(95,96)102-76-83(74-98-85(90)68-60-52-46-38-41-49-57-65-79(6)7)104-87(92)70-62-54-45-37-29-25-21-17-13-11-15-19-23-27-33-40-48-56-64-78(4)5/h77-83,88H,9-76H2,1-8H3,(H,93,94)(H,95,96)/t80?,81?,82-,83-/m1/s1. The molecule has 3 N–H and O–H groups in total. The van der Waals surface area contributed by atoms with Crippen LogP contribution in [0.15, 0.2) is 0 Å². The van der Waals surface area contributed by atoms with E-state index < -0.39 is 97.5 Å². The molecule has 6 atom stereocenters. The van der Waals surface area contributed by atoms with Gasteiger partial charge in [0.2, 0.25) is 0 Å². The van der Waals surface area contributed by atoms with E-state index in [1.165, 1.54) is 250 Å². The Bertz CT molecular complexity index is 2060. The van der Waals surface area contributed by atoms with Crippen LogP contribution in [0.4, 0.5) is 0 Å². The van der Waals surface area contributed by atoms with Crippen LogP contribution >= 0.6 is 15.6 Å². The summed E-state index contributed by atoms with van der Waals surface area (Å²) in [7, 11) is -9.93. The molecule has 17 nitrogen and oxygen atoms in total. The minimum atomic E-state index is -4.97. The van der Waals surface area contributed by atoms with Gasteiger partial charge in [-0.25, -0.2) is 9.13 Å². The van der Waals surface area contributed by atoms with Gasteiger partial charge in [0.1, 0.15) is 19.3 Å². The zero-order valence-corrected chi connectivity index (χ0v) is 71.9. The SMILES string of the molecule is CCC(C)CCCCCCCCCCCCC(=O)OC[C@H](COP(=O)(O)OCC(O)COP(=O)(O)OC[C@@H](COC(=O)CCCCCCCCCC(C)C)OC(=O)CCCCCCCCCCCCCCCCCCCCC(C)C)OC(=O)CCCCCCCCCCCCCCCCCCCCC(C)C. The highest BCUT2D eigenvalue weighted by Crippen LogP contribution is 2.45. The molecule has 0 spiro atoms. The van der Waals surface area contributed by atoms with Gasteiger partial charge in [-0.3, -0.25) is 37.3 Å². The summed E-state index contributed by atoms with van der Waals surface area (Å²) in [4.78, 5) is 73.2. The summed E-state index contributed by atoms with van der Waals surface area (Å²) in [6.45, 7) is 14.3. The second-order valence-electron chi connectivity index (χ2n) is 33.0. The highest BCUT2D eigenvalue weighted by atomic mass is 31.2. The number of unbranched alkanes of at least 4 members (excludes halogenated alkanes) is 49. The van der Waals surface area contributed by atoms with E-state index in [2.05, 4.69) is 55.4 Å². The Morgan fingerprint density at radius 3 is 0.670 bits per heavy atom. The third-order valence-corrected chi connectivity index (χ3v) is 22.6. The Hall–Kier alpha value is -1.94. The van der Waals surface area contributed by atoms with Gasteiger partial charge in [0.25, 0.3) is 0 Å². The molecular weight excluding hydrogens is 1380 g/mol. The van der Waals surface area contributed by atoms with Crippen molar-refractivity contribution in [3.8, 4) is 0 Å². The molecule has 0 aliphatic carbocycles. The molecule has 0 aliphatic rings. The summed E-state index contributed by atoms with van der Waals surface area (Å²) in [6.07, 6.45) is 65.4. The number of hydrogen-bond donors (Lipinski definition) is 3. The van der Waals surface area contributed by atoms with Gasteiger partial charge >= 0.3 is 39.5 Å². The average molecular weight is 1550 g/mol. The van der Waals surface area contributed by atoms with Gasteiger partial charge in [0.15, 0.2) is 12.2 Å². The van der Waals surface area contributed by atoms with E-state index >= 15 is 0 Å². The monoisotopic (exact) mass is 1550 g/mol. The number of phosphoric ester groups is 2. The van der Waals surface area contributed by atoms with Crippen LogP contribution in [0.3, 0.4) is 0 Å². The molecule has 0 radical (unpaired) electrons. The third-order valence-electron chi connectivity index (χ3n) is 20.7. The highest BCUT2D eigenvalue weighted by Gasteiger charge is 2.31. The smallest absolute Gasteiger partial charge is 0.462 e. The summed E-state index contributed by atoms with van der Waals surface area (Å²) in [6, 6.07) is 0. The lowest BCUT2D eigenvalue weighted by Gasteiger charge is -2.21. The second-order valence-corrected chi connectivity index (χ2v) is 35.9. The Balaban J connectivity index is 5.20. The zero-order valence-electron chi connectivity index (χ0n) is 70.1. The molecule has 106 heavy (non-hydrogen) atoms. The van der Waals surface area contributed by atoms with Crippen LogP contribution < -0.4 is 0 Å². The second kappa shape index (κ2) is 75.7. The van der Waals surface area contributed by atoms with Crippen LogP contribution in [0.5, 0.6) is 0 Å². The Kier molecular flexibility index (Phi) is 74.3. The summed E-state index contributed by atoms with van der Waals surface area (Å²) < 4.78 is 68.9. The van der Waals surface area contributed by atoms with E-state index in [4.69, 9.17) is 37.0 Å². The molecule has 630 valence electrons. The number of phosphoric acid groups is 2. The van der Waals surface area contributed by atoms with Crippen LogP contribution in [0.2, 0.25) is 0 Å². The molecule has 0 saturated carbocycles. The first kappa shape index (κ1) is 104. The van der Waals surface area contributed by atoms with Gasteiger partial charge in [0, 0.05) is 25.7 Å². The lowest BCUT2D eigenvalue weighted by atomic mass is 9.99. The van der Waals surface area contributed by atoms with Gasteiger partial charge in [-0.2, -0.15) is 0 Å². The number of aliphatic hydroxyl groups excluding tert-OH is 1. The number of carbonyl (C=O) groups excluding carboxylic acids is 4. The molecule has 0 amide bonds. The Labute approximate surface area is 651 Å². The van der Waals surface area contributed by atoms with Crippen molar-refractivity contribution in [3.05, 3.63) is 0 Å². The average Bonchev–Trinajstić information content (AvgIpc) is 0.900. The lowest BCUT2D eigenvalue weighted by molar-refractivity contribution is -0.161. The van der Waals surface area contributed by atoms with Crippen molar-refractivity contribution < 1.29 is 80.2 Å². The number of ether oxygens (including phenoxy) is 4. The summed E-state index contributed by atoms with van der Waals surface area (Å²) in [5.74, 6) is 1.05. The maximum atomic E-state index is 13.1. The first-order valence-electron chi connectivity index (χ1n) is 44.7. The topological polar surface area (TPSA) is 237 Å². The van der Waals surface area contributed by atoms with Crippen LogP contribution in [-0.2, 0) is 65.4 Å². The van der Waals surface area contributed by atoms with Crippen LogP contribution in [0.25, 0.3) is 0 Å². The Morgan fingerprint density at radius 1 is 0.264 bits per heavy atom. The van der Waals surface area contributed by atoms with Crippen LogP contribution in [0.1, 0.15) is 453 Å². The molecule has 0 aliphatic heterocycles. The molecule has 0 aromatic heterocycles. The molecule has 0 aromatic carbocycles. The fraction of sp³-hybridized carbons (Fsp3) is 0.954. The van der Waals surface area contributed by atoms with Crippen molar-refractivity contribution >= 4 is 39.5 Å². The molecule has 4 unspecified atom stereocenters. The van der Waals surface area contributed by atoms with E-state index in [9.17, 15) is 43.2 Å². The van der Waals surface area contributed by atoms with E-state index in [1.54, 1.807) is 0 Å². The van der Waals surface area contributed by atoms with Crippen LogP contribution in [0, 0.1) is 23.7 Å². The fourth-order valence-corrected chi connectivity index (χ4v) is 15.0. The maximum absolute atomic E-state index is 13.1. The lowest BCUT2D eigenvalue weighted by Crippen LogP contribution is -2.30. The third kappa shape index (κ3) is 78.7. The molecule has 0 rings (SSSR count). The van der Waals surface area contributed by atoms with Crippen LogP contribution in [-0.4, -0.2) is 96.7 Å². The highest BCUT2D eigenvalue weighted by molar-refractivity contribution is 7.47. The number of carbonyl (C=O) groups is 4. The summed E-state index contributed by atoms with van der Waals surface area (Å²) in [5.41, 5.74) is 0. The van der Waals surface area contributed by atoms with Gasteiger partial charge in [0.05, 0.1) is 26.4 Å². The van der Waals surface area contributed by atoms with E-state index in [1.807, 2.05) is 0 Å². The molecule has 0 heterocycles. The van der Waals surface area contributed by atoms with Gasteiger partial charge in [-0.1, -0.05) is 402 Å². The minimum Gasteiger partial charge on any atom is -0.462 e. The van der Waals surface area contributed by atoms with E-state index in [0.717, 1.165) is 114 Å². The fourth-order valence-electron chi connectivity index (χ4n) is 13.5. The molecule has 0 saturated heterocycles. The normalized spacial score (nSPS) is 14.2. The van der Waals surface area contributed by atoms with Crippen molar-refractivity contribution in [3.63, 3.8) is 0 Å². The molecule has 0 fully saturated rings. The van der Waals surface area contributed by atoms with Crippen molar-refractivity contribution in [2.45, 2.75) is 472 Å². The maximum Gasteiger partial charge on any atom is 0.472 e. The van der Waals surface area contributed by atoms with E-state index in [-0.39, 0.29) is 25.7 Å². The quantitative estimate of drug-likeness (QED) is 0.0222. The first-order valence-corrected chi connectivity index (χ1v) is 47.7. The minimum absolute atomic E-state index is 0.107. The number of aliphatic hydroxyl groups is 1. The van der Waals surface area contributed by atoms with Crippen molar-refractivity contribution in [1.82, 2.24) is 0 Å². The largest absolute Gasteiger partial charge is 0.472 e. The van der Waals surface area contributed by atoms with E-state index in [0.29, 0.717) is 31.6 Å². The molecule has 0 bridgehead atoms. The molecule has 19 heteroatoms.